The first-order chi connectivity index (χ1) is 8.58. The van der Waals surface area contributed by atoms with Gasteiger partial charge in [0.1, 0.15) is 5.69 Å². The van der Waals surface area contributed by atoms with E-state index in [4.69, 9.17) is 0 Å². The monoisotopic (exact) mass is 247 g/mol. The lowest BCUT2D eigenvalue weighted by atomic mass is 10.2. The Hall–Kier alpha value is -2.83. The van der Waals surface area contributed by atoms with Crippen LogP contribution in [0.2, 0.25) is 0 Å². The molecule has 0 aliphatic carbocycles. The maximum absolute atomic E-state index is 11.3. The second-order valence-corrected chi connectivity index (χ2v) is 3.43. The van der Waals surface area contributed by atoms with Crippen molar-refractivity contribution in [1.29, 1.82) is 0 Å². The summed E-state index contributed by atoms with van der Waals surface area (Å²) in [5.41, 5.74) is -1.04. The molecule has 0 radical (unpaired) electrons. The van der Waals surface area contributed by atoms with Crippen LogP contribution in [0.3, 0.4) is 0 Å². The molecular formula is C11H9N3O4. The largest absolute Gasteiger partial charge is 0.504 e. The Labute approximate surface area is 100 Å². The van der Waals surface area contributed by atoms with Crippen molar-refractivity contribution in [2.75, 3.05) is 0 Å². The van der Waals surface area contributed by atoms with Gasteiger partial charge in [-0.25, -0.2) is 9.79 Å². The third-order valence-electron chi connectivity index (χ3n) is 2.19. The summed E-state index contributed by atoms with van der Waals surface area (Å²) in [5, 5.41) is 18.8. The van der Waals surface area contributed by atoms with Crippen LogP contribution < -0.4 is 11.2 Å². The van der Waals surface area contributed by atoms with Crippen LogP contribution in [0, 0.1) is 0 Å². The van der Waals surface area contributed by atoms with E-state index in [0.717, 1.165) is 6.20 Å². The molecule has 0 aliphatic rings. The Bertz CT molecular complexity index is 715. The van der Waals surface area contributed by atoms with Gasteiger partial charge in [-0.05, 0) is 12.1 Å². The van der Waals surface area contributed by atoms with Crippen LogP contribution in [0.5, 0.6) is 11.5 Å². The van der Waals surface area contributed by atoms with Gasteiger partial charge in [0, 0.05) is 18.0 Å². The van der Waals surface area contributed by atoms with Gasteiger partial charge >= 0.3 is 5.69 Å². The zero-order valence-corrected chi connectivity index (χ0v) is 9.04. The fourth-order valence-electron chi connectivity index (χ4n) is 1.29. The lowest BCUT2D eigenvalue weighted by molar-refractivity contribution is 0.403. The number of aromatic amines is 2. The number of nitrogens with zero attached hydrogens (tertiary/aromatic N) is 1. The van der Waals surface area contributed by atoms with E-state index in [2.05, 4.69) is 9.98 Å². The quantitative estimate of drug-likeness (QED) is 0.448. The number of hydrogen-bond acceptors (Lipinski definition) is 5. The first-order valence-corrected chi connectivity index (χ1v) is 4.95. The summed E-state index contributed by atoms with van der Waals surface area (Å²) in [5.74, 6) is -0.614. The molecule has 18 heavy (non-hydrogen) atoms. The number of para-hydroxylation sites is 1. The number of benzene rings is 1. The molecule has 92 valence electrons. The van der Waals surface area contributed by atoms with Gasteiger partial charge in [-0.3, -0.25) is 9.78 Å². The first-order valence-electron chi connectivity index (χ1n) is 4.95. The molecule has 7 nitrogen and oxygen atoms in total. The zero-order valence-electron chi connectivity index (χ0n) is 9.04. The number of phenolic OH excluding ortho intramolecular Hbond substituents is 2. The van der Waals surface area contributed by atoms with Crippen LogP contribution in [0.4, 0.5) is 5.69 Å². The molecule has 1 aromatic carbocycles. The molecule has 0 aliphatic heterocycles. The Kier molecular flexibility index (Phi) is 2.96. The number of phenols is 2. The molecule has 0 bridgehead atoms. The Morgan fingerprint density at radius 3 is 2.72 bits per heavy atom. The van der Waals surface area contributed by atoms with E-state index in [1.54, 1.807) is 0 Å². The van der Waals surface area contributed by atoms with Gasteiger partial charge < -0.3 is 15.2 Å². The lowest BCUT2D eigenvalue weighted by Gasteiger charge is -2.00. The first kappa shape index (κ1) is 11.6. The zero-order chi connectivity index (χ0) is 13.1. The molecule has 0 saturated heterocycles. The number of aromatic nitrogens is 2. The van der Waals surface area contributed by atoms with Crippen molar-refractivity contribution in [3.05, 3.63) is 50.8 Å². The maximum Gasteiger partial charge on any atom is 0.325 e. The highest BCUT2D eigenvalue weighted by atomic mass is 16.3. The molecule has 1 heterocycles. The molecule has 1 aromatic heterocycles. The van der Waals surface area contributed by atoms with Gasteiger partial charge in [0.25, 0.3) is 5.56 Å². The summed E-state index contributed by atoms with van der Waals surface area (Å²) in [6.07, 6.45) is 2.36. The third kappa shape index (κ3) is 2.29. The van der Waals surface area contributed by atoms with Crippen molar-refractivity contribution in [3.8, 4) is 11.5 Å². The number of hydrogen-bond donors (Lipinski definition) is 4. The molecular weight excluding hydrogens is 238 g/mol. The standard InChI is InChI=1S/C11H9N3O4/c15-8-3-1-2-6(9(8)16)4-12-7-5-13-11(18)14-10(7)17/h1-5,15-16H,(H2,13,14,17,18). The van der Waals surface area contributed by atoms with E-state index in [-0.39, 0.29) is 22.7 Å². The van der Waals surface area contributed by atoms with Crippen molar-refractivity contribution in [2.24, 2.45) is 4.99 Å². The fraction of sp³-hybridized carbons (Fsp3) is 0. The van der Waals surface area contributed by atoms with Crippen LogP contribution >= 0.6 is 0 Å². The van der Waals surface area contributed by atoms with Crippen LogP contribution in [-0.2, 0) is 0 Å². The van der Waals surface area contributed by atoms with E-state index in [1.807, 2.05) is 4.98 Å². The third-order valence-corrected chi connectivity index (χ3v) is 2.19. The average Bonchev–Trinajstić information content (AvgIpc) is 2.33. The number of nitrogens with one attached hydrogen (secondary N) is 2. The molecule has 0 fully saturated rings. The topological polar surface area (TPSA) is 119 Å². The minimum absolute atomic E-state index is 0.0163. The highest BCUT2D eigenvalue weighted by Crippen LogP contribution is 2.26. The minimum Gasteiger partial charge on any atom is -0.504 e. The summed E-state index contributed by atoms with van der Waals surface area (Å²) in [6, 6.07) is 4.35. The van der Waals surface area contributed by atoms with Crippen molar-refractivity contribution >= 4 is 11.9 Å². The molecule has 4 N–H and O–H groups in total. The van der Waals surface area contributed by atoms with Gasteiger partial charge in [-0.15, -0.1) is 0 Å². The van der Waals surface area contributed by atoms with E-state index in [1.165, 1.54) is 24.4 Å². The second-order valence-electron chi connectivity index (χ2n) is 3.43. The summed E-state index contributed by atoms with van der Waals surface area (Å²) >= 11 is 0. The van der Waals surface area contributed by atoms with Crippen LogP contribution in [0.15, 0.2) is 39.0 Å². The number of aromatic hydroxyl groups is 2. The van der Waals surface area contributed by atoms with Crippen molar-refractivity contribution in [1.82, 2.24) is 9.97 Å². The van der Waals surface area contributed by atoms with Gasteiger partial charge in [0.05, 0.1) is 0 Å². The SMILES string of the molecule is O=c1[nH]cc(N=Cc2cccc(O)c2O)c(=O)[nH]1. The molecule has 7 heteroatoms. The molecule has 0 atom stereocenters. The van der Waals surface area contributed by atoms with Crippen LogP contribution in [-0.4, -0.2) is 26.4 Å². The number of rotatable bonds is 2. The number of aliphatic imine (C=N–C) groups is 1. The highest BCUT2D eigenvalue weighted by Gasteiger charge is 2.03. The molecule has 0 spiro atoms. The van der Waals surface area contributed by atoms with E-state index in [9.17, 15) is 19.8 Å². The van der Waals surface area contributed by atoms with E-state index >= 15 is 0 Å². The molecule has 0 saturated carbocycles. The number of H-pyrrole nitrogens is 2. The molecule has 2 aromatic rings. The van der Waals surface area contributed by atoms with Crippen molar-refractivity contribution in [3.63, 3.8) is 0 Å². The molecule has 0 unspecified atom stereocenters. The smallest absolute Gasteiger partial charge is 0.325 e. The van der Waals surface area contributed by atoms with Crippen LogP contribution in [0.1, 0.15) is 5.56 Å². The lowest BCUT2D eigenvalue weighted by Crippen LogP contribution is -2.20. The summed E-state index contributed by atoms with van der Waals surface area (Å²) in [7, 11) is 0. The molecule has 2 rings (SSSR count). The summed E-state index contributed by atoms with van der Waals surface area (Å²) in [4.78, 5) is 30.2. The van der Waals surface area contributed by atoms with Crippen molar-refractivity contribution < 1.29 is 10.2 Å². The summed E-state index contributed by atoms with van der Waals surface area (Å²) in [6.45, 7) is 0. The van der Waals surface area contributed by atoms with Gasteiger partial charge in [-0.1, -0.05) is 6.07 Å². The minimum atomic E-state index is -0.644. The normalized spacial score (nSPS) is 10.9. The Morgan fingerprint density at radius 1 is 1.22 bits per heavy atom. The predicted molar refractivity (Wildman–Crippen MR) is 64.7 cm³/mol. The predicted octanol–water partition coefficient (Wildman–Crippen LogP) is 0.225. The van der Waals surface area contributed by atoms with Crippen LogP contribution in [0.25, 0.3) is 0 Å². The highest BCUT2D eigenvalue weighted by molar-refractivity contribution is 5.86. The summed E-state index contributed by atoms with van der Waals surface area (Å²) < 4.78 is 0. The second kappa shape index (κ2) is 4.58. The van der Waals surface area contributed by atoms with Gasteiger partial charge in [0.15, 0.2) is 11.5 Å². The average molecular weight is 247 g/mol. The van der Waals surface area contributed by atoms with Gasteiger partial charge in [-0.2, -0.15) is 0 Å². The fourth-order valence-corrected chi connectivity index (χ4v) is 1.29. The Balaban J connectivity index is 2.39. The maximum atomic E-state index is 11.3. The Morgan fingerprint density at radius 2 is 2.00 bits per heavy atom. The van der Waals surface area contributed by atoms with Gasteiger partial charge in [0.2, 0.25) is 0 Å². The van der Waals surface area contributed by atoms with Crippen molar-refractivity contribution in [2.45, 2.75) is 0 Å². The van der Waals surface area contributed by atoms with E-state index in [0.29, 0.717) is 0 Å². The molecule has 0 amide bonds. The van der Waals surface area contributed by atoms with E-state index < -0.39 is 11.2 Å².